The summed E-state index contributed by atoms with van der Waals surface area (Å²) < 4.78 is 200. The molecule has 3 atom stereocenters. The Morgan fingerprint density at radius 2 is 1.39 bits per heavy atom. The third-order valence-electron chi connectivity index (χ3n) is 8.25. The van der Waals surface area contributed by atoms with Crippen molar-refractivity contribution in [2.24, 2.45) is 17.3 Å². The molecule has 2 bridgehead atoms. The van der Waals surface area contributed by atoms with Crippen molar-refractivity contribution in [1.29, 1.82) is 0 Å². The molecule has 2 aliphatic rings. The van der Waals surface area contributed by atoms with Crippen LogP contribution in [-0.4, -0.2) is 58.8 Å². The number of sulfonamides is 2. The highest BCUT2D eigenvalue weighted by atomic mass is 32.3. The summed E-state index contributed by atoms with van der Waals surface area (Å²) >= 11 is 0. The van der Waals surface area contributed by atoms with Gasteiger partial charge in [-0.2, -0.15) is 47.9 Å². The van der Waals surface area contributed by atoms with Gasteiger partial charge in [-0.05, 0) is 75.6 Å². The van der Waals surface area contributed by atoms with E-state index in [-0.39, 0.29) is 11.0 Å². The molecule has 2 fully saturated rings. The van der Waals surface area contributed by atoms with Gasteiger partial charge in [0.15, 0.2) is 0 Å². The fourth-order valence-electron chi connectivity index (χ4n) is 5.95. The van der Waals surface area contributed by atoms with E-state index >= 15 is 0 Å². The number of hydrogen-bond donors (Lipinski definition) is 1. The van der Waals surface area contributed by atoms with Gasteiger partial charge in [0.2, 0.25) is 0 Å². The highest BCUT2D eigenvalue weighted by Crippen LogP contribution is 2.57. The first-order chi connectivity index (χ1) is 20.5. The minimum atomic E-state index is -7.91. The Balaban J connectivity index is 1.81. The number of ether oxygens (including phenoxy) is 1. The van der Waals surface area contributed by atoms with Crippen LogP contribution < -0.4 is 8.31 Å². The zero-order valence-corrected chi connectivity index (χ0v) is 26.5. The third kappa shape index (κ3) is 6.54. The highest BCUT2D eigenvalue weighted by molar-refractivity contribution is 8.05. The molecule has 1 aromatic rings. The lowest BCUT2D eigenvalue weighted by Crippen LogP contribution is -2.64. The van der Waals surface area contributed by atoms with Gasteiger partial charge in [-0.15, -0.1) is 0 Å². The van der Waals surface area contributed by atoms with E-state index in [1.54, 1.807) is 13.8 Å². The average Bonchev–Trinajstić information content (AvgIpc) is 2.86. The quantitative estimate of drug-likeness (QED) is 0.176. The van der Waals surface area contributed by atoms with Gasteiger partial charge in [0.05, 0.1) is 5.56 Å². The lowest BCUT2D eigenvalue weighted by molar-refractivity contribution is -0.245. The summed E-state index contributed by atoms with van der Waals surface area (Å²) in [5.74, 6) is -9.04. The van der Waals surface area contributed by atoms with E-state index < -0.39 is 73.6 Å². The monoisotopic (exact) mass is 741 g/mol. The molecule has 0 radical (unpaired) electrons. The Hall–Kier alpha value is -2.33. The molecule has 264 valence electrons. The van der Waals surface area contributed by atoms with Crippen LogP contribution in [0.5, 0.6) is 5.75 Å². The van der Waals surface area contributed by atoms with Crippen molar-refractivity contribution in [1.82, 2.24) is 4.13 Å². The summed E-state index contributed by atoms with van der Waals surface area (Å²) in [6.07, 6.45) is 5.37. The topological polar surface area (TPSA) is 150 Å². The van der Waals surface area contributed by atoms with Crippen LogP contribution >= 0.6 is 0 Å². The van der Waals surface area contributed by atoms with Gasteiger partial charge in [0.1, 0.15) is 11.4 Å². The zero-order valence-electron chi connectivity index (χ0n) is 24.0. The molecule has 0 saturated heterocycles. The lowest BCUT2D eigenvalue weighted by atomic mass is 9.53. The number of fused-ring (bicyclic) bond motifs is 2. The van der Waals surface area contributed by atoms with Crippen LogP contribution in [0.4, 0.5) is 39.5 Å². The maximum atomic E-state index is 14.4. The Labute approximate surface area is 258 Å². The zero-order chi connectivity index (χ0) is 35.6. The van der Waals surface area contributed by atoms with Crippen LogP contribution in [0.25, 0.3) is 0 Å². The summed E-state index contributed by atoms with van der Waals surface area (Å²) in [6.45, 7) is 5.54. The molecule has 2 saturated carbocycles. The van der Waals surface area contributed by atoms with Gasteiger partial charge in [0.25, 0.3) is 10.0 Å². The number of carbonyl (C=O) groups excluding carboxylic acids is 1. The average molecular weight is 742 g/mol. The largest absolute Gasteiger partial charge is 0.512 e. The maximum absolute atomic E-state index is 14.4. The van der Waals surface area contributed by atoms with Crippen molar-refractivity contribution in [3.05, 3.63) is 29.8 Å². The number of hydrogen-bond acceptors (Lipinski definition) is 9. The van der Waals surface area contributed by atoms with Crippen molar-refractivity contribution in [3.63, 3.8) is 0 Å². The van der Waals surface area contributed by atoms with Crippen LogP contribution in [0.1, 0.15) is 69.7 Å². The molecular formula is C24H28F9NO9S3. The molecule has 0 amide bonds. The molecule has 0 aliphatic heterocycles. The second-order valence-corrected chi connectivity index (χ2v) is 17.1. The minimum absolute atomic E-state index is 0.294. The summed E-state index contributed by atoms with van der Waals surface area (Å²) in [7, 11) is -22.6. The van der Waals surface area contributed by atoms with Crippen molar-refractivity contribution in [3.8, 4) is 5.75 Å². The van der Waals surface area contributed by atoms with Crippen molar-refractivity contribution in [2.45, 2.75) is 86.8 Å². The number of rotatable bonds is 11. The first kappa shape index (κ1) is 38.1. The Kier molecular flexibility index (Phi) is 9.67. The van der Waals surface area contributed by atoms with E-state index in [0.29, 0.717) is 24.0 Å². The van der Waals surface area contributed by atoms with Gasteiger partial charge < -0.3 is 8.92 Å². The van der Waals surface area contributed by atoms with E-state index in [1.807, 2.05) is 0 Å². The van der Waals surface area contributed by atoms with Gasteiger partial charge in [0, 0.05) is 5.41 Å². The molecular weight excluding hydrogens is 713 g/mol. The highest BCUT2D eigenvalue weighted by Gasteiger charge is 2.83. The van der Waals surface area contributed by atoms with Crippen molar-refractivity contribution < 1.29 is 78.5 Å². The third-order valence-corrected chi connectivity index (χ3v) is 12.8. The summed E-state index contributed by atoms with van der Waals surface area (Å²) in [5, 5.41) is -14.7. The second kappa shape index (κ2) is 11.7. The molecule has 2 aliphatic carbocycles. The van der Waals surface area contributed by atoms with Crippen molar-refractivity contribution >= 4 is 36.1 Å². The minimum Gasteiger partial charge on any atom is -0.455 e. The molecule has 10 nitrogen and oxygen atoms in total. The smallest absolute Gasteiger partial charge is 0.455 e. The second-order valence-electron chi connectivity index (χ2n) is 11.9. The summed E-state index contributed by atoms with van der Waals surface area (Å²) in [4.78, 5) is 12.9. The number of esters is 1. The van der Waals surface area contributed by atoms with Gasteiger partial charge in [-0.1, -0.05) is 23.9 Å². The Bertz CT molecular complexity index is 1660. The molecule has 0 aromatic heterocycles. The van der Waals surface area contributed by atoms with E-state index in [0.717, 1.165) is 50.7 Å². The predicted octanol–water partition coefficient (Wildman–Crippen LogP) is 5.53. The molecule has 1 N–H and O–H groups in total. The molecule has 3 unspecified atom stereocenters. The number of halogens is 9. The van der Waals surface area contributed by atoms with Crippen LogP contribution in [-0.2, 0) is 34.9 Å². The van der Waals surface area contributed by atoms with Crippen LogP contribution in [0.15, 0.2) is 24.3 Å². The molecule has 1 aromatic carbocycles. The Morgan fingerprint density at radius 1 is 0.848 bits per heavy atom. The molecule has 3 rings (SSSR count). The SMILES string of the molecule is CC1CC2CCCC(C(C)(C)OC(=O)c3ccc(OS(=O)(=O)C(F)(F)C(F)(F)C(F)(F)S(=O)(=O)NS(=O)(=O)C(F)(F)F)cc3)(C1)C2. The van der Waals surface area contributed by atoms with E-state index in [1.165, 1.54) is 0 Å². The first-order valence-corrected chi connectivity index (χ1v) is 17.6. The number of nitrogens with one attached hydrogen (secondary N) is 1. The van der Waals surface area contributed by atoms with Gasteiger partial charge in [-0.25, -0.2) is 21.6 Å². The summed E-state index contributed by atoms with van der Waals surface area (Å²) in [6, 6.07) is 2.46. The predicted molar refractivity (Wildman–Crippen MR) is 140 cm³/mol. The van der Waals surface area contributed by atoms with E-state index in [9.17, 15) is 69.6 Å². The van der Waals surface area contributed by atoms with Gasteiger partial charge in [-0.3, -0.25) is 0 Å². The van der Waals surface area contributed by atoms with E-state index in [2.05, 4.69) is 11.1 Å². The molecule has 46 heavy (non-hydrogen) atoms. The van der Waals surface area contributed by atoms with Crippen LogP contribution in [0.2, 0.25) is 0 Å². The fraction of sp³-hybridized carbons (Fsp3) is 0.708. The van der Waals surface area contributed by atoms with Crippen LogP contribution in [0.3, 0.4) is 0 Å². The molecule has 0 heterocycles. The standard InChI is InChI=1S/C24H28F9NO9S3/c1-14-11-15-5-4-10-20(12-14,13-15)19(2,3)42-18(35)16-6-8-17(9-7-16)43-46(40,41)23(29,30)21(25,26)22(27,28)44(36,37)34-45(38,39)24(31,32)33/h6-9,14-15,34H,4-5,10-13H2,1-3H3. The molecule has 0 spiro atoms. The number of benzene rings is 1. The summed E-state index contributed by atoms with van der Waals surface area (Å²) in [5.41, 5.74) is -8.33. The fourth-order valence-corrected chi connectivity index (χ4v) is 9.34. The van der Waals surface area contributed by atoms with Gasteiger partial charge >= 0.3 is 48.1 Å². The number of alkyl halides is 9. The molecule has 22 heteroatoms. The lowest BCUT2D eigenvalue weighted by Gasteiger charge is -2.55. The van der Waals surface area contributed by atoms with E-state index in [4.69, 9.17) is 4.74 Å². The number of carbonyl (C=O) groups is 1. The normalized spacial score (nSPS) is 23.9. The van der Waals surface area contributed by atoms with Crippen molar-refractivity contribution in [2.75, 3.05) is 0 Å². The Morgan fingerprint density at radius 3 is 1.91 bits per heavy atom. The first-order valence-electron chi connectivity index (χ1n) is 13.2. The maximum Gasteiger partial charge on any atom is 0.512 e. The van der Waals surface area contributed by atoms with Crippen LogP contribution in [0, 0.1) is 17.3 Å².